The average Bonchev–Trinajstić information content (AvgIpc) is 2.76. The van der Waals surface area contributed by atoms with Gasteiger partial charge in [0.15, 0.2) is 5.17 Å². The second-order valence-corrected chi connectivity index (χ2v) is 6.44. The van der Waals surface area contributed by atoms with Crippen LogP contribution in [0.5, 0.6) is 0 Å². The highest BCUT2D eigenvalue weighted by Crippen LogP contribution is 2.25. The van der Waals surface area contributed by atoms with Gasteiger partial charge in [0.05, 0.1) is 6.54 Å². The summed E-state index contributed by atoms with van der Waals surface area (Å²) in [6.45, 7) is 12.1. The lowest BCUT2D eigenvalue weighted by Gasteiger charge is -2.23. The molecule has 1 heterocycles. The van der Waals surface area contributed by atoms with Crippen LogP contribution in [-0.2, 0) is 0 Å². The van der Waals surface area contributed by atoms with E-state index in [1.54, 1.807) is 0 Å². The molecular weight excluding hydrogens is 230 g/mol. The first-order valence-electron chi connectivity index (χ1n) is 6.69. The predicted molar refractivity (Wildman–Crippen MR) is 78.9 cm³/mol. The Kier molecular flexibility index (Phi) is 6.34. The minimum Gasteiger partial charge on any atom is -0.364 e. The summed E-state index contributed by atoms with van der Waals surface area (Å²) in [5, 5.41) is 5.26. The summed E-state index contributed by atoms with van der Waals surface area (Å²) in [5.74, 6) is 0.714. The number of nitrogens with zero attached hydrogens (tertiary/aromatic N) is 2. The first-order valence-corrected chi connectivity index (χ1v) is 7.57. The lowest BCUT2D eigenvalue weighted by molar-refractivity contribution is 0.256. The summed E-state index contributed by atoms with van der Waals surface area (Å²) in [5.41, 5.74) is 0. The van der Waals surface area contributed by atoms with E-state index in [1.165, 1.54) is 6.42 Å². The molecule has 0 aromatic heterocycles. The Balaban J connectivity index is 2.16. The molecule has 0 spiro atoms. The van der Waals surface area contributed by atoms with E-state index in [-0.39, 0.29) is 0 Å². The van der Waals surface area contributed by atoms with Crippen molar-refractivity contribution in [1.82, 2.24) is 10.2 Å². The standard InChI is InChI=1S/C13H27N3S/c1-6-11(4)16(5)8-7-14-13-15-9-12(17-13)10(2)3/h10-12H,6-9H2,1-5H3,(H,14,15). The van der Waals surface area contributed by atoms with E-state index in [2.05, 4.69) is 50.0 Å². The van der Waals surface area contributed by atoms with E-state index >= 15 is 0 Å². The zero-order valence-corrected chi connectivity index (χ0v) is 12.7. The Bertz CT molecular complexity index is 253. The van der Waals surface area contributed by atoms with Crippen molar-refractivity contribution in [3.05, 3.63) is 0 Å². The van der Waals surface area contributed by atoms with Crippen LogP contribution in [0.25, 0.3) is 0 Å². The number of amidine groups is 1. The third kappa shape index (κ3) is 4.88. The molecule has 0 aliphatic carbocycles. The molecule has 4 heteroatoms. The van der Waals surface area contributed by atoms with Gasteiger partial charge in [0.1, 0.15) is 0 Å². The molecule has 2 unspecified atom stereocenters. The molecule has 1 aliphatic heterocycles. The zero-order chi connectivity index (χ0) is 12.8. The molecule has 0 aromatic carbocycles. The van der Waals surface area contributed by atoms with Crippen LogP contribution in [0.4, 0.5) is 0 Å². The summed E-state index contributed by atoms with van der Waals surface area (Å²) >= 11 is 1.90. The number of rotatable bonds is 6. The Labute approximate surface area is 110 Å². The largest absolute Gasteiger partial charge is 0.364 e. The topological polar surface area (TPSA) is 27.6 Å². The van der Waals surface area contributed by atoms with Gasteiger partial charge >= 0.3 is 0 Å². The molecule has 100 valence electrons. The van der Waals surface area contributed by atoms with E-state index in [0.29, 0.717) is 17.2 Å². The third-order valence-electron chi connectivity index (χ3n) is 3.51. The fourth-order valence-corrected chi connectivity index (χ4v) is 2.75. The van der Waals surface area contributed by atoms with Crippen LogP contribution in [0.3, 0.4) is 0 Å². The summed E-state index contributed by atoms with van der Waals surface area (Å²) in [4.78, 5) is 6.95. The molecule has 0 aromatic rings. The number of hydrogen-bond donors (Lipinski definition) is 1. The van der Waals surface area contributed by atoms with Crippen molar-refractivity contribution in [1.29, 1.82) is 0 Å². The molecule has 0 amide bonds. The SMILES string of the molecule is CCC(C)N(C)CCNC1=NCC(C(C)C)S1. The average molecular weight is 257 g/mol. The van der Waals surface area contributed by atoms with Gasteiger partial charge in [-0.1, -0.05) is 32.5 Å². The summed E-state index contributed by atoms with van der Waals surface area (Å²) < 4.78 is 0. The van der Waals surface area contributed by atoms with Crippen molar-refractivity contribution < 1.29 is 0 Å². The summed E-state index contributed by atoms with van der Waals surface area (Å²) in [6.07, 6.45) is 1.21. The van der Waals surface area contributed by atoms with E-state index < -0.39 is 0 Å². The van der Waals surface area contributed by atoms with E-state index in [0.717, 1.165) is 24.8 Å². The molecule has 1 rings (SSSR count). The highest BCUT2D eigenvalue weighted by Gasteiger charge is 2.22. The number of nitrogens with one attached hydrogen (secondary N) is 1. The van der Waals surface area contributed by atoms with Gasteiger partial charge in [-0.25, -0.2) is 0 Å². The molecule has 3 nitrogen and oxygen atoms in total. The van der Waals surface area contributed by atoms with Crippen molar-refractivity contribution in [3.63, 3.8) is 0 Å². The molecule has 1 N–H and O–H groups in total. The second-order valence-electron chi connectivity index (χ2n) is 5.21. The number of hydrogen-bond acceptors (Lipinski definition) is 4. The fourth-order valence-electron chi connectivity index (χ4n) is 1.71. The van der Waals surface area contributed by atoms with Gasteiger partial charge in [0.25, 0.3) is 0 Å². The number of likely N-dealkylation sites (N-methyl/N-ethyl adjacent to an activating group) is 1. The van der Waals surface area contributed by atoms with Crippen molar-refractivity contribution in [2.24, 2.45) is 10.9 Å². The Morgan fingerprint density at radius 3 is 2.71 bits per heavy atom. The van der Waals surface area contributed by atoms with E-state index in [4.69, 9.17) is 0 Å². The van der Waals surface area contributed by atoms with Crippen LogP contribution >= 0.6 is 11.8 Å². The molecule has 17 heavy (non-hydrogen) atoms. The normalized spacial score (nSPS) is 22.1. The van der Waals surface area contributed by atoms with Crippen molar-refractivity contribution in [2.75, 3.05) is 26.7 Å². The first kappa shape index (κ1) is 14.8. The van der Waals surface area contributed by atoms with Gasteiger partial charge in [0, 0.05) is 24.4 Å². The van der Waals surface area contributed by atoms with Crippen molar-refractivity contribution in [2.45, 2.75) is 45.4 Å². The lowest BCUT2D eigenvalue weighted by atomic mass is 10.1. The maximum absolute atomic E-state index is 4.55. The third-order valence-corrected chi connectivity index (χ3v) is 5.00. The molecule has 0 saturated carbocycles. The van der Waals surface area contributed by atoms with E-state index in [1.807, 2.05) is 11.8 Å². The minimum absolute atomic E-state index is 0.665. The van der Waals surface area contributed by atoms with Gasteiger partial charge in [-0.3, -0.25) is 4.99 Å². The first-order chi connectivity index (χ1) is 8.04. The molecular formula is C13H27N3S. The van der Waals surface area contributed by atoms with Crippen LogP contribution in [0.1, 0.15) is 34.1 Å². The van der Waals surface area contributed by atoms with Gasteiger partial charge in [-0.05, 0) is 26.3 Å². The van der Waals surface area contributed by atoms with Crippen LogP contribution in [-0.4, -0.2) is 48.0 Å². The van der Waals surface area contributed by atoms with Crippen LogP contribution in [0.15, 0.2) is 4.99 Å². The summed E-state index contributed by atoms with van der Waals surface area (Å²) in [6, 6.07) is 0.665. The second kappa shape index (κ2) is 7.27. The smallest absolute Gasteiger partial charge is 0.156 e. The summed E-state index contributed by atoms with van der Waals surface area (Å²) in [7, 11) is 2.19. The maximum Gasteiger partial charge on any atom is 0.156 e. The van der Waals surface area contributed by atoms with Crippen LogP contribution in [0, 0.1) is 5.92 Å². The Hall–Kier alpha value is -0.220. The quantitative estimate of drug-likeness (QED) is 0.792. The number of aliphatic imine (C=N–C) groups is 1. The van der Waals surface area contributed by atoms with Crippen molar-refractivity contribution >= 4 is 16.9 Å². The van der Waals surface area contributed by atoms with Gasteiger partial charge in [0.2, 0.25) is 0 Å². The molecule has 0 fully saturated rings. The fraction of sp³-hybridized carbons (Fsp3) is 0.923. The van der Waals surface area contributed by atoms with Gasteiger partial charge < -0.3 is 10.2 Å². The Morgan fingerprint density at radius 2 is 2.18 bits per heavy atom. The highest BCUT2D eigenvalue weighted by molar-refractivity contribution is 8.14. The number of thioether (sulfide) groups is 1. The van der Waals surface area contributed by atoms with Crippen molar-refractivity contribution in [3.8, 4) is 0 Å². The molecule has 0 saturated heterocycles. The van der Waals surface area contributed by atoms with Crippen LogP contribution in [0.2, 0.25) is 0 Å². The van der Waals surface area contributed by atoms with E-state index in [9.17, 15) is 0 Å². The molecule has 0 radical (unpaired) electrons. The highest BCUT2D eigenvalue weighted by atomic mass is 32.2. The zero-order valence-electron chi connectivity index (χ0n) is 11.9. The Morgan fingerprint density at radius 1 is 1.47 bits per heavy atom. The molecule has 1 aliphatic rings. The minimum atomic E-state index is 0.665. The van der Waals surface area contributed by atoms with Gasteiger partial charge in [-0.15, -0.1) is 0 Å². The van der Waals surface area contributed by atoms with Gasteiger partial charge in [-0.2, -0.15) is 0 Å². The predicted octanol–water partition coefficient (Wildman–Crippen LogP) is 2.43. The molecule has 0 bridgehead atoms. The van der Waals surface area contributed by atoms with Crippen LogP contribution < -0.4 is 5.32 Å². The lowest BCUT2D eigenvalue weighted by Crippen LogP contribution is -2.36. The monoisotopic (exact) mass is 257 g/mol. The maximum atomic E-state index is 4.55. The molecule has 2 atom stereocenters.